The summed E-state index contributed by atoms with van der Waals surface area (Å²) < 4.78 is 0. The zero-order chi connectivity index (χ0) is 16.2. The number of allylic oxidation sites excluding steroid dienone is 2. The Balaban J connectivity index is 1.96. The Morgan fingerprint density at radius 1 is 0.870 bits per heavy atom. The minimum Gasteiger partial charge on any atom is -0.399 e. The number of rotatable bonds is 3. The van der Waals surface area contributed by atoms with Crippen molar-refractivity contribution in [1.29, 1.82) is 5.41 Å². The van der Waals surface area contributed by atoms with Crippen molar-refractivity contribution < 1.29 is 0 Å². The van der Waals surface area contributed by atoms with Crippen LogP contribution in [0.1, 0.15) is 0 Å². The largest absolute Gasteiger partial charge is 0.399 e. The van der Waals surface area contributed by atoms with E-state index in [1.165, 1.54) is 0 Å². The van der Waals surface area contributed by atoms with Crippen molar-refractivity contribution in [3.63, 3.8) is 0 Å². The zero-order valence-corrected chi connectivity index (χ0v) is 12.5. The van der Waals surface area contributed by atoms with Gasteiger partial charge < -0.3 is 16.8 Å². The molecule has 6 N–H and O–H groups in total. The zero-order valence-electron chi connectivity index (χ0n) is 12.5. The molecular weight excluding hydrogens is 286 g/mol. The first kappa shape index (κ1) is 14.6. The lowest BCUT2D eigenvalue weighted by Gasteiger charge is -2.17. The van der Waals surface area contributed by atoms with Crippen molar-refractivity contribution in [3.8, 4) is 0 Å². The Kier molecular flexibility index (Phi) is 3.93. The highest BCUT2D eigenvalue weighted by Gasteiger charge is 2.15. The van der Waals surface area contributed by atoms with Crippen LogP contribution in [0.5, 0.6) is 0 Å². The van der Waals surface area contributed by atoms with Gasteiger partial charge in [0.25, 0.3) is 0 Å². The van der Waals surface area contributed by atoms with Gasteiger partial charge in [0.1, 0.15) is 0 Å². The maximum absolute atomic E-state index is 7.91. The fraction of sp³-hybridized carbons (Fsp3) is 0. The fourth-order valence-electron chi connectivity index (χ4n) is 2.16. The first-order chi connectivity index (χ1) is 11.1. The van der Waals surface area contributed by atoms with Gasteiger partial charge in [-0.2, -0.15) is 0 Å². The molecule has 1 aliphatic rings. The number of hydrogen-bond donors (Lipinski definition) is 4. The smallest absolute Gasteiger partial charge is 0.0893 e. The number of nitrogen functional groups attached to an aromatic ring is 1. The number of nitrogens with zero attached hydrogens (tertiary/aromatic N) is 1. The van der Waals surface area contributed by atoms with E-state index in [4.69, 9.17) is 16.9 Å². The average molecular weight is 303 g/mol. The molecule has 0 saturated heterocycles. The maximum Gasteiger partial charge on any atom is 0.0893 e. The van der Waals surface area contributed by atoms with E-state index in [0.717, 1.165) is 17.1 Å². The van der Waals surface area contributed by atoms with Gasteiger partial charge in [-0.25, -0.2) is 4.99 Å². The molecule has 0 unspecified atom stereocenters. The molecule has 5 heteroatoms. The fourth-order valence-corrected chi connectivity index (χ4v) is 2.16. The predicted molar refractivity (Wildman–Crippen MR) is 96.1 cm³/mol. The molecule has 0 amide bonds. The summed E-state index contributed by atoms with van der Waals surface area (Å²) in [6.45, 7) is 0. The number of benzene rings is 2. The second-order valence-corrected chi connectivity index (χ2v) is 5.15. The van der Waals surface area contributed by atoms with Crippen molar-refractivity contribution in [2.75, 3.05) is 11.1 Å². The van der Waals surface area contributed by atoms with Gasteiger partial charge in [-0.1, -0.05) is 18.2 Å². The summed E-state index contributed by atoms with van der Waals surface area (Å²) in [6, 6.07) is 17.0. The number of hydrogen-bond acceptors (Lipinski definition) is 5. The third kappa shape index (κ3) is 3.47. The summed E-state index contributed by atoms with van der Waals surface area (Å²) in [4.78, 5) is 4.60. The highest BCUT2D eigenvalue weighted by Crippen LogP contribution is 2.20. The topological polar surface area (TPSA) is 100 Å². The first-order valence-electron chi connectivity index (χ1n) is 7.16. The monoisotopic (exact) mass is 303 g/mol. The Labute approximate surface area is 134 Å². The van der Waals surface area contributed by atoms with Crippen LogP contribution in [-0.2, 0) is 0 Å². The summed E-state index contributed by atoms with van der Waals surface area (Å²) in [7, 11) is 0. The van der Waals surface area contributed by atoms with E-state index < -0.39 is 0 Å². The maximum atomic E-state index is 7.91. The molecule has 0 spiro atoms. The quantitative estimate of drug-likeness (QED) is 0.517. The summed E-state index contributed by atoms with van der Waals surface area (Å²) in [5.41, 5.74) is 16.0. The van der Waals surface area contributed by atoms with Crippen molar-refractivity contribution in [3.05, 3.63) is 78.1 Å². The van der Waals surface area contributed by atoms with Crippen molar-refractivity contribution in [2.24, 2.45) is 10.7 Å². The molecule has 0 aliphatic heterocycles. The molecule has 0 fully saturated rings. The normalized spacial score (nSPS) is 16.0. The highest BCUT2D eigenvalue weighted by molar-refractivity contribution is 6.24. The number of nitrogens with one attached hydrogen (secondary N) is 2. The van der Waals surface area contributed by atoms with Crippen LogP contribution in [0, 0.1) is 5.41 Å². The van der Waals surface area contributed by atoms with Crippen LogP contribution in [0.15, 0.2) is 83.1 Å². The summed E-state index contributed by atoms with van der Waals surface area (Å²) >= 11 is 0. The van der Waals surface area contributed by atoms with Gasteiger partial charge >= 0.3 is 0 Å². The molecular formula is C18H17N5. The third-order valence-electron chi connectivity index (χ3n) is 3.36. The van der Waals surface area contributed by atoms with Crippen LogP contribution >= 0.6 is 0 Å². The molecule has 114 valence electrons. The summed E-state index contributed by atoms with van der Waals surface area (Å²) in [5, 5.41) is 11.2. The molecule has 23 heavy (non-hydrogen) atoms. The molecule has 0 atom stereocenters. The molecule has 0 bridgehead atoms. The molecule has 3 rings (SSSR count). The third-order valence-corrected chi connectivity index (χ3v) is 3.36. The second kappa shape index (κ2) is 6.19. The van der Waals surface area contributed by atoms with Gasteiger partial charge in [-0.15, -0.1) is 0 Å². The second-order valence-electron chi connectivity index (χ2n) is 5.15. The van der Waals surface area contributed by atoms with Crippen LogP contribution in [0.4, 0.5) is 17.1 Å². The minimum atomic E-state index is 0.264. The van der Waals surface area contributed by atoms with Crippen molar-refractivity contribution in [1.82, 2.24) is 0 Å². The highest BCUT2D eigenvalue weighted by atomic mass is 14.9. The van der Waals surface area contributed by atoms with Gasteiger partial charge in [0.05, 0.1) is 28.5 Å². The van der Waals surface area contributed by atoms with E-state index in [9.17, 15) is 0 Å². The lowest BCUT2D eigenvalue weighted by atomic mass is 10.0. The van der Waals surface area contributed by atoms with E-state index in [0.29, 0.717) is 17.1 Å². The standard InChI is InChI=1S/C18H17N5/c19-12-6-8-14(9-7-12)23-18-11-16(21)15(20)10-17(18)22-13-4-2-1-3-5-13/h1-11,20,22H,19,21H2. The van der Waals surface area contributed by atoms with Gasteiger partial charge in [-0.05, 0) is 48.6 Å². The Bertz CT molecular complexity index is 814. The van der Waals surface area contributed by atoms with Gasteiger partial charge in [0.2, 0.25) is 0 Å². The number of nitrogens with two attached hydrogens (primary N) is 2. The Morgan fingerprint density at radius 2 is 1.57 bits per heavy atom. The average Bonchev–Trinajstić information content (AvgIpc) is 2.55. The molecule has 2 aromatic carbocycles. The van der Waals surface area contributed by atoms with Crippen LogP contribution in [0.25, 0.3) is 0 Å². The number of anilines is 2. The summed E-state index contributed by atoms with van der Waals surface area (Å²) in [6.07, 6.45) is 3.38. The minimum absolute atomic E-state index is 0.264. The van der Waals surface area contributed by atoms with Crippen LogP contribution in [0.2, 0.25) is 0 Å². The number of para-hydroxylation sites is 1. The van der Waals surface area contributed by atoms with E-state index in [1.807, 2.05) is 42.5 Å². The Hall–Kier alpha value is -3.34. The SMILES string of the molecule is N=C1C=C(Nc2ccccc2)C(=Nc2ccc(N)cc2)C=C1N. The van der Waals surface area contributed by atoms with Crippen molar-refractivity contribution >= 4 is 28.5 Å². The van der Waals surface area contributed by atoms with Gasteiger partial charge in [-0.3, -0.25) is 5.41 Å². The van der Waals surface area contributed by atoms with Gasteiger partial charge in [0.15, 0.2) is 0 Å². The lowest BCUT2D eigenvalue weighted by Crippen LogP contribution is -2.21. The molecule has 1 aliphatic carbocycles. The van der Waals surface area contributed by atoms with Crippen LogP contribution in [-0.4, -0.2) is 11.4 Å². The summed E-state index contributed by atoms with van der Waals surface area (Å²) in [5.74, 6) is 0. The van der Waals surface area contributed by atoms with Crippen molar-refractivity contribution in [2.45, 2.75) is 0 Å². The van der Waals surface area contributed by atoms with Crippen LogP contribution in [0.3, 0.4) is 0 Å². The van der Waals surface area contributed by atoms with E-state index in [-0.39, 0.29) is 5.71 Å². The molecule has 2 aromatic rings. The molecule has 0 radical (unpaired) electrons. The van der Waals surface area contributed by atoms with Gasteiger partial charge in [0, 0.05) is 11.4 Å². The molecule has 0 saturated carbocycles. The lowest BCUT2D eigenvalue weighted by molar-refractivity contribution is 1.37. The van der Waals surface area contributed by atoms with E-state index in [1.54, 1.807) is 24.3 Å². The number of aliphatic imine (C=N–C) groups is 1. The molecule has 0 aromatic heterocycles. The molecule has 5 nitrogen and oxygen atoms in total. The van der Waals surface area contributed by atoms with Crippen LogP contribution < -0.4 is 16.8 Å². The van der Waals surface area contributed by atoms with E-state index in [2.05, 4.69) is 10.3 Å². The molecule has 0 heterocycles. The first-order valence-corrected chi connectivity index (χ1v) is 7.16. The van der Waals surface area contributed by atoms with E-state index >= 15 is 0 Å². The Morgan fingerprint density at radius 3 is 2.26 bits per heavy atom. The predicted octanol–water partition coefficient (Wildman–Crippen LogP) is 3.21.